The molecule has 0 aliphatic carbocycles. The van der Waals surface area contributed by atoms with Crippen molar-refractivity contribution in [1.29, 1.82) is 0 Å². The summed E-state index contributed by atoms with van der Waals surface area (Å²) in [6.45, 7) is 3.86. The number of rotatable bonds is 3. The Morgan fingerprint density at radius 2 is 2.22 bits per heavy atom. The molecule has 1 aromatic carbocycles. The van der Waals surface area contributed by atoms with Crippen molar-refractivity contribution < 1.29 is 9.18 Å². The molecule has 0 radical (unpaired) electrons. The van der Waals surface area contributed by atoms with Crippen molar-refractivity contribution in [1.82, 2.24) is 15.3 Å². The number of carbonyl (C=O) groups excluding carboxylic acids is 1. The molecule has 6 heteroatoms. The molecule has 0 saturated carbocycles. The molecule has 2 aromatic rings. The number of fused-ring (bicyclic) bond motifs is 1. The number of aromatic nitrogens is 2. The second-order valence-corrected chi connectivity index (χ2v) is 4.65. The molecular weight excluding hydrogens is 253 g/mol. The molecule has 3 N–H and O–H groups in total. The van der Waals surface area contributed by atoms with Gasteiger partial charge < -0.3 is 15.3 Å². The molecule has 1 aromatic heterocycles. The molecule has 0 aliphatic rings. The fourth-order valence-corrected chi connectivity index (χ4v) is 1.90. The van der Waals surface area contributed by atoms with Gasteiger partial charge in [0.1, 0.15) is 5.82 Å². The largest absolute Gasteiger partial charge is 0.350 e. The molecule has 1 unspecified atom stereocenters. The van der Waals surface area contributed by atoms with Crippen LogP contribution >= 0.6 is 12.2 Å². The van der Waals surface area contributed by atoms with Crippen molar-refractivity contribution in [3.8, 4) is 0 Å². The van der Waals surface area contributed by atoms with Crippen LogP contribution in [0.15, 0.2) is 12.1 Å². The van der Waals surface area contributed by atoms with Gasteiger partial charge in [0.05, 0.1) is 16.6 Å². The van der Waals surface area contributed by atoms with Crippen LogP contribution in [0.1, 0.15) is 30.6 Å². The monoisotopic (exact) mass is 267 g/mol. The van der Waals surface area contributed by atoms with Gasteiger partial charge in [-0.3, -0.25) is 4.79 Å². The Bertz CT molecular complexity index is 646. The number of H-pyrrole nitrogens is 2. The first-order valence-corrected chi connectivity index (χ1v) is 6.14. The minimum absolute atomic E-state index is 0.0396. The average molecular weight is 267 g/mol. The molecule has 0 aliphatic heterocycles. The molecule has 0 spiro atoms. The number of hydrogen-bond acceptors (Lipinski definition) is 2. The maximum absolute atomic E-state index is 13.4. The summed E-state index contributed by atoms with van der Waals surface area (Å²) in [5, 5.41) is 2.80. The Hall–Kier alpha value is -1.69. The van der Waals surface area contributed by atoms with Gasteiger partial charge in [0, 0.05) is 6.04 Å². The number of imidazole rings is 1. The Morgan fingerprint density at radius 3 is 2.89 bits per heavy atom. The highest BCUT2D eigenvalue weighted by Crippen LogP contribution is 2.18. The zero-order chi connectivity index (χ0) is 13.3. The molecule has 0 bridgehead atoms. The van der Waals surface area contributed by atoms with E-state index in [1.165, 1.54) is 12.1 Å². The van der Waals surface area contributed by atoms with Crippen LogP contribution in [0, 0.1) is 10.6 Å². The van der Waals surface area contributed by atoms with E-state index >= 15 is 0 Å². The van der Waals surface area contributed by atoms with Crippen LogP contribution < -0.4 is 5.32 Å². The zero-order valence-electron chi connectivity index (χ0n) is 10.1. The van der Waals surface area contributed by atoms with Crippen molar-refractivity contribution in [2.45, 2.75) is 26.3 Å². The summed E-state index contributed by atoms with van der Waals surface area (Å²) >= 11 is 4.95. The maximum atomic E-state index is 13.4. The molecule has 1 heterocycles. The lowest BCUT2D eigenvalue weighted by atomic mass is 10.1. The smallest absolute Gasteiger partial charge is 0.253 e. The van der Waals surface area contributed by atoms with Crippen molar-refractivity contribution in [2.75, 3.05) is 0 Å². The standard InChI is InChI=1S/C12H14FN3OS/c1-3-6(2)14-11(17)8-4-7(13)5-9-10(8)16-12(18)15-9/h4-6H,3H2,1-2H3,(H,14,17)(H2,15,16,18). The van der Waals surface area contributed by atoms with Gasteiger partial charge in [-0.15, -0.1) is 0 Å². The van der Waals surface area contributed by atoms with E-state index in [1.54, 1.807) is 0 Å². The summed E-state index contributed by atoms with van der Waals surface area (Å²) in [5.74, 6) is -0.777. The third-order valence-electron chi connectivity index (χ3n) is 2.82. The number of amides is 1. The molecule has 18 heavy (non-hydrogen) atoms. The van der Waals surface area contributed by atoms with E-state index in [0.717, 1.165) is 6.42 Å². The van der Waals surface area contributed by atoms with Gasteiger partial charge in [0.25, 0.3) is 5.91 Å². The van der Waals surface area contributed by atoms with Crippen LogP contribution in [-0.2, 0) is 0 Å². The zero-order valence-corrected chi connectivity index (χ0v) is 11.0. The summed E-state index contributed by atoms with van der Waals surface area (Å²) in [6, 6.07) is 2.55. The van der Waals surface area contributed by atoms with Crippen LogP contribution in [0.2, 0.25) is 0 Å². The molecule has 4 nitrogen and oxygen atoms in total. The number of hydrogen-bond donors (Lipinski definition) is 3. The minimum Gasteiger partial charge on any atom is -0.350 e. The predicted octanol–water partition coefficient (Wildman–Crippen LogP) is 2.89. The maximum Gasteiger partial charge on any atom is 0.253 e. The molecular formula is C12H14FN3OS. The first-order chi connectivity index (χ1) is 8.51. The molecule has 1 amide bonds. The van der Waals surface area contributed by atoms with Crippen LogP contribution in [-0.4, -0.2) is 21.9 Å². The van der Waals surface area contributed by atoms with Crippen LogP contribution in [0.25, 0.3) is 11.0 Å². The van der Waals surface area contributed by atoms with Crippen molar-refractivity contribution in [3.63, 3.8) is 0 Å². The summed E-state index contributed by atoms with van der Waals surface area (Å²) in [6.07, 6.45) is 0.813. The van der Waals surface area contributed by atoms with E-state index in [0.29, 0.717) is 15.8 Å². The van der Waals surface area contributed by atoms with E-state index in [-0.39, 0.29) is 17.5 Å². The van der Waals surface area contributed by atoms with Gasteiger partial charge >= 0.3 is 0 Å². The van der Waals surface area contributed by atoms with Crippen LogP contribution in [0.3, 0.4) is 0 Å². The molecule has 2 rings (SSSR count). The van der Waals surface area contributed by atoms with Crippen LogP contribution in [0.4, 0.5) is 4.39 Å². The van der Waals surface area contributed by atoms with Gasteiger partial charge in [0.15, 0.2) is 4.77 Å². The molecule has 1 atom stereocenters. The fourth-order valence-electron chi connectivity index (χ4n) is 1.69. The SMILES string of the molecule is CCC(C)NC(=O)c1cc(F)cc2[nH]c(=S)[nH]c12. The Balaban J connectivity index is 2.49. The van der Waals surface area contributed by atoms with Gasteiger partial charge in [-0.05, 0) is 37.7 Å². The van der Waals surface area contributed by atoms with Gasteiger partial charge in [-0.1, -0.05) is 6.92 Å². The second-order valence-electron chi connectivity index (χ2n) is 4.24. The summed E-state index contributed by atoms with van der Waals surface area (Å²) in [5.41, 5.74) is 1.29. The van der Waals surface area contributed by atoms with Gasteiger partial charge in [0.2, 0.25) is 0 Å². The van der Waals surface area contributed by atoms with E-state index in [4.69, 9.17) is 12.2 Å². The number of carbonyl (C=O) groups is 1. The predicted molar refractivity (Wildman–Crippen MR) is 70.7 cm³/mol. The highest BCUT2D eigenvalue weighted by Gasteiger charge is 2.15. The highest BCUT2D eigenvalue weighted by atomic mass is 32.1. The summed E-state index contributed by atoms with van der Waals surface area (Å²) < 4.78 is 13.8. The van der Waals surface area contributed by atoms with E-state index in [9.17, 15) is 9.18 Å². The lowest BCUT2D eigenvalue weighted by molar-refractivity contribution is 0.0940. The lowest BCUT2D eigenvalue weighted by Gasteiger charge is -2.11. The van der Waals surface area contributed by atoms with E-state index < -0.39 is 5.82 Å². The molecule has 0 saturated heterocycles. The quantitative estimate of drug-likeness (QED) is 0.749. The lowest BCUT2D eigenvalue weighted by Crippen LogP contribution is -2.32. The Labute approximate surface area is 109 Å². The highest BCUT2D eigenvalue weighted by molar-refractivity contribution is 7.71. The van der Waals surface area contributed by atoms with Crippen molar-refractivity contribution in [3.05, 3.63) is 28.3 Å². The summed E-state index contributed by atoms with van der Waals surface area (Å²) in [4.78, 5) is 17.7. The number of nitrogens with one attached hydrogen (secondary N) is 3. The van der Waals surface area contributed by atoms with E-state index in [2.05, 4.69) is 15.3 Å². The first-order valence-electron chi connectivity index (χ1n) is 5.73. The minimum atomic E-state index is -0.470. The normalized spacial score (nSPS) is 12.6. The second kappa shape index (κ2) is 4.89. The topological polar surface area (TPSA) is 60.7 Å². The average Bonchev–Trinajstić information content (AvgIpc) is 2.67. The van der Waals surface area contributed by atoms with E-state index in [1.807, 2.05) is 13.8 Å². The van der Waals surface area contributed by atoms with Crippen molar-refractivity contribution >= 4 is 29.2 Å². The molecule has 0 fully saturated rings. The Kier molecular flexibility index (Phi) is 3.47. The fraction of sp³-hybridized carbons (Fsp3) is 0.333. The van der Waals surface area contributed by atoms with Crippen LogP contribution in [0.5, 0.6) is 0 Å². The number of halogens is 1. The third kappa shape index (κ3) is 2.43. The van der Waals surface area contributed by atoms with Crippen molar-refractivity contribution in [2.24, 2.45) is 0 Å². The number of aromatic amines is 2. The third-order valence-corrected chi connectivity index (χ3v) is 3.03. The molecule has 96 valence electrons. The first kappa shape index (κ1) is 12.8. The Morgan fingerprint density at radius 1 is 1.50 bits per heavy atom. The summed E-state index contributed by atoms with van der Waals surface area (Å²) in [7, 11) is 0. The van der Waals surface area contributed by atoms with Gasteiger partial charge in [-0.2, -0.15) is 0 Å². The number of benzene rings is 1. The van der Waals surface area contributed by atoms with Gasteiger partial charge in [-0.25, -0.2) is 4.39 Å².